The molecular weight excluding hydrogens is 336 g/mol. The van der Waals surface area contributed by atoms with Crippen LogP contribution in [-0.4, -0.2) is 40.8 Å². The van der Waals surface area contributed by atoms with Gasteiger partial charge in [0.05, 0.1) is 12.7 Å². The van der Waals surface area contributed by atoms with Crippen LogP contribution in [0, 0.1) is 13.8 Å². The lowest BCUT2D eigenvalue weighted by Crippen LogP contribution is -2.26. The van der Waals surface area contributed by atoms with Crippen LogP contribution in [0.25, 0.3) is 11.0 Å². The summed E-state index contributed by atoms with van der Waals surface area (Å²) < 4.78 is 4.69. The molecule has 0 aliphatic rings. The summed E-state index contributed by atoms with van der Waals surface area (Å²) in [7, 11) is 1.30. The molecule has 0 fully saturated rings. The third-order valence-corrected chi connectivity index (χ3v) is 3.90. The highest BCUT2D eigenvalue weighted by Crippen LogP contribution is 2.19. The Hall–Kier alpha value is -3.42. The van der Waals surface area contributed by atoms with Gasteiger partial charge >= 0.3 is 5.97 Å². The van der Waals surface area contributed by atoms with Gasteiger partial charge in [0.15, 0.2) is 6.61 Å². The topological polar surface area (TPSA) is 95.3 Å². The minimum absolute atomic E-state index is 0.255. The molecule has 3 aromatic rings. The normalized spacial score (nSPS) is 10.6. The van der Waals surface area contributed by atoms with E-state index in [1.807, 2.05) is 32.0 Å². The molecule has 0 unspecified atom stereocenters. The zero-order chi connectivity index (χ0) is 18.7. The summed E-state index contributed by atoms with van der Waals surface area (Å²) in [6.07, 6.45) is 0. The molecule has 8 heteroatoms. The molecule has 2 aromatic carbocycles. The molecule has 0 aliphatic carbocycles. The van der Waals surface area contributed by atoms with E-state index in [1.54, 1.807) is 18.2 Å². The maximum atomic E-state index is 12.2. The molecule has 0 aliphatic heterocycles. The largest absolute Gasteiger partial charge is 0.465 e. The molecule has 1 heterocycles. The molecule has 1 N–H and O–H groups in total. The van der Waals surface area contributed by atoms with Crippen molar-refractivity contribution in [3.8, 4) is 0 Å². The van der Waals surface area contributed by atoms with E-state index >= 15 is 0 Å². The Kier molecular flexibility index (Phi) is 4.83. The number of fused-ring (bicyclic) bond motifs is 1. The van der Waals surface area contributed by atoms with E-state index < -0.39 is 5.97 Å². The van der Waals surface area contributed by atoms with Crippen molar-refractivity contribution in [1.29, 1.82) is 0 Å². The average Bonchev–Trinajstić information content (AvgIpc) is 3.04. The highest BCUT2D eigenvalue weighted by molar-refractivity contribution is 5.94. The lowest BCUT2D eigenvalue weighted by Gasteiger charge is -2.11. The summed E-state index contributed by atoms with van der Waals surface area (Å²) in [6.45, 7) is 3.58. The number of aryl methyl sites for hydroxylation is 2. The van der Waals surface area contributed by atoms with Gasteiger partial charge in [-0.1, -0.05) is 23.0 Å². The van der Waals surface area contributed by atoms with Gasteiger partial charge in [0.2, 0.25) is 0 Å². The number of benzene rings is 2. The molecule has 1 aromatic heterocycles. The number of rotatable bonds is 5. The van der Waals surface area contributed by atoms with Gasteiger partial charge in [-0.2, -0.15) is 0 Å². The van der Waals surface area contributed by atoms with E-state index in [0.717, 1.165) is 21.7 Å². The van der Waals surface area contributed by atoms with Gasteiger partial charge in [0.1, 0.15) is 11.0 Å². The van der Waals surface area contributed by atoms with Crippen LogP contribution in [0.5, 0.6) is 0 Å². The van der Waals surface area contributed by atoms with Crippen molar-refractivity contribution in [2.45, 2.75) is 13.8 Å². The van der Waals surface area contributed by atoms with Gasteiger partial charge in [-0.3, -0.25) is 4.79 Å². The second-order valence-electron chi connectivity index (χ2n) is 5.75. The van der Waals surface area contributed by atoms with E-state index in [9.17, 15) is 9.59 Å². The third-order valence-electron chi connectivity index (χ3n) is 3.90. The Bertz CT molecular complexity index is 960. The zero-order valence-electron chi connectivity index (χ0n) is 14.6. The van der Waals surface area contributed by atoms with Crippen LogP contribution in [0.15, 0.2) is 36.4 Å². The van der Waals surface area contributed by atoms with Gasteiger partial charge in [-0.15, -0.1) is 5.10 Å². The van der Waals surface area contributed by atoms with Crippen molar-refractivity contribution in [2.75, 3.05) is 19.0 Å². The van der Waals surface area contributed by atoms with Crippen molar-refractivity contribution in [3.05, 3.63) is 53.1 Å². The number of anilines is 1. The molecule has 0 bridgehead atoms. The lowest BCUT2D eigenvalue weighted by molar-refractivity contribution is -0.121. The Morgan fingerprint density at radius 1 is 1.15 bits per heavy atom. The van der Waals surface area contributed by atoms with Gasteiger partial charge < -0.3 is 14.9 Å². The quantitative estimate of drug-likeness (QED) is 0.703. The maximum Gasteiger partial charge on any atom is 0.337 e. The molecule has 0 radical (unpaired) electrons. The van der Waals surface area contributed by atoms with Crippen LogP contribution in [0.1, 0.15) is 21.5 Å². The zero-order valence-corrected chi connectivity index (χ0v) is 14.6. The van der Waals surface area contributed by atoms with Crippen molar-refractivity contribution in [1.82, 2.24) is 15.2 Å². The minimum atomic E-state index is -0.479. The number of carbonyl (C=O) groups excluding carboxylic acids is 2. The molecule has 0 saturated carbocycles. The maximum absolute atomic E-state index is 12.2. The number of nitrogens with one attached hydrogen (secondary N) is 1. The number of hydrogen-bond donors (Lipinski definition) is 1. The minimum Gasteiger partial charge on any atom is -0.465 e. The molecule has 134 valence electrons. The van der Waals surface area contributed by atoms with E-state index in [-0.39, 0.29) is 12.5 Å². The Morgan fingerprint density at radius 2 is 1.88 bits per heavy atom. The Labute approximate surface area is 149 Å². The van der Waals surface area contributed by atoms with E-state index in [0.29, 0.717) is 16.6 Å². The lowest BCUT2D eigenvalue weighted by atomic mass is 10.1. The number of ether oxygens (including phenoxy) is 1. The summed E-state index contributed by atoms with van der Waals surface area (Å²) in [4.78, 5) is 30.4. The summed E-state index contributed by atoms with van der Waals surface area (Å²) >= 11 is 0. The number of para-hydroxylation sites is 1. The molecule has 0 saturated heterocycles. The standard InChI is InChI=1S/C18H18N4O4/c1-11-5-4-6-12(2)17(11)19-16(23)10-26-22-15-9-13(18(24)25-3)7-8-14(15)20-21-22/h4-9H,10H2,1-3H3,(H,19,23). The molecule has 1 amide bonds. The fraction of sp³-hybridized carbons (Fsp3) is 0.222. The summed E-state index contributed by atoms with van der Waals surface area (Å²) in [5.74, 6) is -0.803. The summed E-state index contributed by atoms with van der Waals surface area (Å²) in [6, 6.07) is 10.5. The number of carbonyl (C=O) groups is 2. The predicted molar refractivity (Wildman–Crippen MR) is 94.9 cm³/mol. The molecule has 0 spiro atoms. The predicted octanol–water partition coefficient (Wildman–Crippen LogP) is 1.90. The fourth-order valence-corrected chi connectivity index (χ4v) is 2.55. The Balaban J connectivity index is 1.73. The average molecular weight is 354 g/mol. The Morgan fingerprint density at radius 3 is 2.58 bits per heavy atom. The molecule has 0 atom stereocenters. The second-order valence-corrected chi connectivity index (χ2v) is 5.75. The van der Waals surface area contributed by atoms with E-state index in [4.69, 9.17) is 9.57 Å². The van der Waals surface area contributed by atoms with Crippen LogP contribution in [0.3, 0.4) is 0 Å². The number of hydrogen-bond acceptors (Lipinski definition) is 6. The van der Waals surface area contributed by atoms with Gasteiger partial charge in [0, 0.05) is 5.69 Å². The number of aromatic nitrogens is 3. The van der Waals surface area contributed by atoms with Crippen LogP contribution < -0.4 is 10.2 Å². The number of methoxy groups -OCH3 is 1. The van der Waals surface area contributed by atoms with Crippen molar-refractivity contribution < 1.29 is 19.2 Å². The highest BCUT2D eigenvalue weighted by Gasteiger charge is 2.13. The van der Waals surface area contributed by atoms with Crippen LogP contribution in [0.2, 0.25) is 0 Å². The number of esters is 1. The van der Waals surface area contributed by atoms with E-state index in [1.165, 1.54) is 7.11 Å². The first-order valence-electron chi connectivity index (χ1n) is 7.92. The van der Waals surface area contributed by atoms with Crippen LogP contribution in [-0.2, 0) is 9.53 Å². The molecular formula is C18H18N4O4. The number of amides is 1. The second kappa shape index (κ2) is 7.22. The SMILES string of the molecule is COC(=O)c1ccc2nnn(OCC(=O)Nc3c(C)cccc3C)c2c1. The van der Waals surface area contributed by atoms with Crippen molar-refractivity contribution in [3.63, 3.8) is 0 Å². The first kappa shape index (κ1) is 17.4. The number of nitrogens with zero attached hydrogens (tertiary/aromatic N) is 3. The van der Waals surface area contributed by atoms with Crippen LogP contribution in [0.4, 0.5) is 5.69 Å². The van der Waals surface area contributed by atoms with Crippen molar-refractivity contribution in [2.24, 2.45) is 0 Å². The monoisotopic (exact) mass is 354 g/mol. The van der Waals surface area contributed by atoms with Crippen LogP contribution >= 0.6 is 0 Å². The molecule has 3 rings (SSSR count). The van der Waals surface area contributed by atoms with Crippen molar-refractivity contribution >= 4 is 28.6 Å². The van der Waals surface area contributed by atoms with Gasteiger partial charge in [0.25, 0.3) is 5.91 Å². The smallest absolute Gasteiger partial charge is 0.337 e. The highest BCUT2D eigenvalue weighted by atomic mass is 16.7. The van der Waals surface area contributed by atoms with E-state index in [2.05, 4.69) is 15.6 Å². The van der Waals surface area contributed by atoms with Gasteiger partial charge in [-0.05, 0) is 48.4 Å². The third kappa shape index (κ3) is 3.49. The summed E-state index contributed by atoms with van der Waals surface area (Å²) in [5.41, 5.74) is 4.03. The first-order valence-corrected chi connectivity index (χ1v) is 7.92. The summed E-state index contributed by atoms with van der Waals surface area (Å²) in [5, 5.41) is 10.6. The molecule has 8 nitrogen and oxygen atoms in total. The molecule has 26 heavy (non-hydrogen) atoms. The first-order chi connectivity index (χ1) is 12.5. The van der Waals surface area contributed by atoms with Gasteiger partial charge in [-0.25, -0.2) is 4.79 Å². The fourth-order valence-electron chi connectivity index (χ4n) is 2.55.